The lowest BCUT2D eigenvalue weighted by atomic mass is 9.87. The molecule has 134 valence electrons. The summed E-state index contributed by atoms with van der Waals surface area (Å²) in [6.07, 6.45) is 0. The zero-order valence-corrected chi connectivity index (χ0v) is 15.7. The number of halogens is 1. The van der Waals surface area contributed by atoms with E-state index in [1.54, 1.807) is 18.2 Å². The first-order valence-electron chi connectivity index (χ1n) is 8.65. The zero-order chi connectivity index (χ0) is 18.6. The smallest absolute Gasteiger partial charge is 0.282 e. The van der Waals surface area contributed by atoms with E-state index >= 15 is 0 Å². The second-order valence-electron chi connectivity index (χ2n) is 7.66. The van der Waals surface area contributed by atoms with Gasteiger partial charge in [-0.2, -0.15) is 0 Å². The number of carbonyl (C=O) groups excluding carboxylic acids is 1. The molecule has 2 atom stereocenters. The number of hydrogen-bond donors (Lipinski definition) is 2. The third-order valence-electron chi connectivity index (χ3n) is 4.57. The summed E-state index contributed by atoms with van der Waals surface area (Å²) in [7, 11) is 1.98. The van der Waals surface area contributed by atoms with E-state index in [0.29, 0.717) is 0 Å². The van der Waals surface area contributed by atoms with E-state index in [1.165, 1.54) is 17.2 Å². The van der Waals surface area contributed by atoms with Crippen molar-refractivity contribution in [3.63, 3.8) is 0 Å². The van der Waals surface area contributed by atoms with Crippen molar-refractivity contribution in [1.29, 1.82) is 0 Å². The van der Waals surface area contributed by atoms with Crippen LogP contribution in [0, 0.1) is 5.82 Å². The van der Waals surface area contributed by atoms with Gasteiger partial charge in [-0.25, -0.2) is 4.39 Å². The van der Waals surface area contributed by atoms with Gasteiger partial charge in [-0.15, -0.1) is 0 Å². The van der Waals surface area contributed by atoms with E-state index in [2.05, 4.69) is 50.4 Å². The molecule has 0 aliphatic carbocycles. The molecule has 0 aliphatic heterocycles. The lowest BCUT2D eigenvalue weighted by Gasteiger charge is -2.22. The Kier molecular flexibility index (Phi) is 5.96. The Hall–Kier alpha value is -2.20. The second-order valence-corrected chi connectivity index (χ2v) is 7.66. The molecule has 3 nitrogen and oxygen atoms in total. The molecule has 0 radical (unpaired) electrons. The number of amides is 1. The molecule has 0 bridgehead atoms. The van der Waals surface area contributed by atoms with E-state index in [4.69, 9.17) is 0 Å². The monoisotopic (exact) mass is 343 g/mol. The molecule has 2 rings (SSSR count). The van der Waals surface area contributed by atoms with Crippen LogP contribution in [-0.2, 0) is 16.8 Å². The number of likely N-dealkylation sites (N-methyl/N-ethyl adjacent to an activating group) is 1. The van der Waals surface area contributed by atoms with Gasteiger partial charge in [-0.1, -0.05) is 57.2 Å². The van der Waals surface area contributed by atoms with E-state index < -0.39 is 5.82 Å². The minimum atomic E-state index is -0.418. The van der Waals surface area contributed by atoms with Gasteiger partial charge in [0.1, 0.15) is 12.4 Å². The van der Waals surface area contributed by atoms with Crippen LogP contribution in [0.25, 0.3) is 0 Å². The Balaban J connectivity index is 1.98. The fourth-order valence-corrected chi connectivity index (χ4v) is 2.63. The van der Waals surface area contributed by atoms with Crippen molar-refractivity contribution in [2.24, 2.45) is 0 Å². The average Bonchev–Trinajstić information content (AvgIpc) is 2.55. The number of rotatable bonds is 5. The van der Waals surface area contributed by atoms with E-state index in [9.17, 15) is 9.18 Å². The fraction of sp³-hybridized carbons (Fsp3) is 0.381. The van der Waals surface area contributed by atoms with Crippen molar-refractivity contribution in [2.45, 2.75) is 45.7 Å². The van der Waals surface area contributed by atoms with Gasteiger partial charge in [-0.05, 0) is 30.0 Å². The highest BCUT2D eigenvalue weighted by atomic mass is 19.1. The van der Waals surface area contributed by atoms with E-state index in [-0.39, 0.29) is 23.1 Å². The summed E-state index contributed by atoms with van der Waals surface area (Å²) >= 11 is 0. The van der Waals surface area contributed by atoms with Crippen molar-refractivity contribution >= 4 is 11.6 Å². The summed E-state index contributed by atoms with van der Waals surface area (Å²) in [6.45, 7) is 9.16. The number of quaternary nitrogens is 1. The highest BCUT2D eigenvalue weighted by Gasteiger charge is 2.23. The highest BCUT2D eigenvalue weighted by Crippen LogP contribution is 2.22. The predicted octanol–water partition coefficient (Wildman–Crippen LogP) is 3.17. The molecule has 4 heteroatoms. The summed E-state index contributed by atoms with van der Waals surface area (Å²) in [5.41, 5.74) is 2.82. The minimum absolute atomic E-state index is 0.129. The Bertz CT molecular complexity index is 719. The van der Waals surface area contributed by atoms with E-state index in [1.807, 2.05) is 14.0 Å². The van der Waals surface area contributed by atoms with Crippen LogP contribution in [0.2, 0.25) is 0 Å². The normalized spacial score (nSPS) is 14.0. The van der Waals surface area contributed by atoms with Crippen molar-refractivity contribution in [1.82, 2.24) is 0 Å². The van der Waals surface area contributed by atoms with Gasteiger partial charge in [0.25, 0.3) is 5.91 Å². The van der Waals surface area contributed by atoms with Crippen LogP contribution in [0.5, 0.6) is 0 Å². The Morgan fingerprint density at radius 3 is 2.28 bits per heavy atom. The molecule has 0 saturated heterocycles. The van der Waals surface area contributed by atoms with Crippen LogP contribution < -0.4 is 10.2 Å². The van der Waals surface area contributed by atoms with E-state index in [0.717, 1.165) is 11.4 Å². The molecular weight excluding hydrogens is 315 g/mol. The third-order valence-corrected chi connectivity index (χ3v) is 4.57. The summed E-state index contributed by atoms with van der Waals surface area (Å²) in [5.74, 6) is -0.604. The Labute approximate surface area is 149 Å². The van der Waals surface area contributed by atoms with Crippen LogP contribution in [0.3, 0.4) is 0 Å². The molecule has 1 amide bonds. The number of benzene rings is 2. The summed E-state index contributed by atoms with van der Waals surface area (Å²) in [6, 6.07) is 14.5. The molecular formula is C21H28FN2O+. The number of para-hydroxylation sites is 1. The first-order chi connectivity index (χ1) is 11.7. The summed E-state index contributed by atoms with van der Waals surface area (Å²) in [5, 5.41) is 2.67. The molecule has 0 fully saturated rings. The maximum Gasteiger partial charge on any atom is 0.282 e. The lowest BCUT2D eigenvalue weighted by Crippen LogP contribution is -3.12. The van der Waals surface area contributed by atoms with Crippen molar-refractivity contribution in [3.05, 3.63) is 65.5 Å². The van der Waals surface area contributed by atoms with Gasteiger partial charge in [0.05, 0.1) is 12.7 Å². The van der Waals surface area contributed by atoms with Crippen LogP contribution in [0.4, 0.5) is 10.1 Å². The van der Waals surface area contributed by atoms with Gasteiger partial charge < -0.3 is 10.2 Å². The van der Waals surface area contributed by atoms with Gasteiger partial charge in [0.2, 0.25) is 0 Å². The molecule has 0 saturated carbocycles. The first-order valence-corrected chi connectivity index (χ1v) is 8.65. The van der Waals surface area contributed by atoms with Gasteiger partial charge in [0, 0.05) is 5.56 Å². The van der Waals surface area contributed by atoms with Gasteiger partial charge in [-0.3, -0.25) is 4.79 Å². The standard InChI is InChI=1S/C21H27FN2O/c1-15(20(25)23-19-9-7-6-8-18(19)22)24(5)14-16-10-12-17(13-11-16)21(2,3)4/h6-13,15H,14H2,1-5H3,(H,23,25)/p+1/t15-/m1/s1. The third kappa shape index (κ3) is 5.13. The predicted molar refractivity (Wildman–Crippen MR) is 100 cm³/mol. The maximum absolute atomic E-state index is 13.7. The lowest BCUT2D eigenvalue weighted by molar-refractivity contribution is -0.907. The number of anilines is 1. The SMILES string of the molecule is C[C@H](C(=O)Nc1ccccc1F)[NH+](C)Cc1ccc(C(C)(C)C)cc1. The molecule has 1 unspecified atom stereocenters. The van der Waals surface area contributed by atoms with Gasteiger partial charge in [0.15, 0.2) is 6.04 Å². The fourth-order valence-electron chi connectivity index (χ4n) is 2.63. The second kappa shape index (κ2) is 7.79. The van der Waals surface area contributed by atoms with Crippen LogP contribution >= 0.6 is 0 Å². The van der Waals surface area contributed by atoms with Crippen molar-refractivity contribution < 1.29 is 14.1 Å². The number of hydrogen-bond acceptors (Lipinski definition) is 1. The highest BCUT2D eigenvalue weighted by molar-refractivity contribution is 5.93. The van der Waals surface area contributed by atoms with Gasteiger partial charge >= 0.3 is 0 Å². The molecule has 2 aromatic carbocycles. The number of nitrogens with one attached hydrogen (secondary N) is 2. The van der Waals surface area contributed by atoms with Crippen LogP contribution in [0.1, 0.15) is 38.8 Å². The van der Waals surface area contributed by atoms with Crippen molar-refractivity contribution in [2.75, 3.05) is 12.4 Å². The molecule has 2 N–H and O–H groups in total. The zero-order valence-electron chi connectivity index (χ0n) is 15.7. The Morgan fingerprint density at radius 1 is 1.12 bits per heavy atom. The molecule has 0 aromatic heterocycles. The topological polar surface area (TPSA) is 33.5 Å². The largest absolute Gasteiger partial charge is 0.324 e. The molecule has 0 spiro atoms. The van der Waals surface area contributed by atoms with Crippen LogP contribution in [0.15, 0.2) is 48.5 Å². The molecule has 25 heavy (non-hydrogen) atoms. The first kappa shape index (κ1) is 19.1. The summed E-state index contributed by atoms with van der Waals surface area (Å²) < 4.78 is 13.7. The maximum atomic E-state index is 13.7. The van der Waals surface area contributed by atoms with Crippen molar-refractivity contribution in [3.8, 4) is 0 Å². The number of carbonyl (C=O) groups is 1. The quantitative estimate of drug-likeness (QED) is 0.859. The molecule has 0 aliphatic rings. The molecule has 0 heterocycles. The molecule has 2 aromatic rings. The minimum Gasteiger partial charge on any atom is -0.324 e. The summed E-state index contributed by atoms with van der Waals surface area (Å²) in [4.78, 5) is 13.4. The van der Waals surface area contributed by atoms with Crippen LogP contribution in [-0.4, -0.2) is 19.0 Å². The Morgan fingerprint density at radius 2 is 1.72 bits per heavy atom. The average molecular weight is 343 g/mol.